The Bertz CT molecular complexity index is 1400. The van der Waals surface area contributed by atoms with Gasteiger partial charge in [0.15, 0.2) is 0 Å². The predicted molar refractivity (Wildman–Crippen MR) is 138 cm³/mol. The molecule has 0 bridgehead atoms. The SMILES string of the molecule is CC(N)(c1cccc(Cl)c1)c1csc(C(=O)c2cncnc2N[C@@H]2C[C@H](COS(N)(=O)=O)[C@@H](O)[C@H]2O)c1. The quantitative estimate of drug-likeness (QED) is 0.236. The molecule has 1 aliphatic carbocycles. The van der Waals surface area contributed by atoms with Gasteiger partial charge in [-0.2, -0.15) is 8.42 Å². The number of thiophene rings is 1. The van der Waals surface area contributed by atoms with E-state index < -0.39 is 46.6 Å². The number of anilines is 1. The fourth-order valence-corrected chi connectivity index (χ4v) is 5.77. The molecule has 1 unspecified atom stereocenters. The van der Waals surface area contributed by atoms with Crippen LogP contribution in [0, 0.1) is 5.92 Å². The molecule has 1 saturated carbocycles. The molecule has 0 aliphatic heterocycles. The Hall–Kier alpha value is -2.49. The van der Waals surface area contributed by atoms with Crippen molar-refractivity contribution >= 4 is 44.8 Å². The zero-order chi connectivity index (χ0) is 27.0. The first kappa shape index (κ1) is 27.5. The number of halogens is 1. The second-order valence-electron chi connectivity index (χ2n) is 9.03. The van der Waals surface area contributed by atoms with Crippen molar-refractivity contribution in [3.8, 4) is 0 Å². The van der Waals surface area contributed by atoms with Crippen molar-refractivity contribution in [3.63, 3.8) is 0 Å². The molecular weight excluding hydrogens is 542 g/mol. The smallest absolute Gasteiger partial charge is 0.333 e. The average molecular weight is 568 g/mol. The van der Waals surface area contributed by atoms with Gasteiger partial charge in [0.2, 0.25) is 5.78 Å². The van der Waals surface area contributed by atoms with Crippen LogP contribution >= 0.6 is 22.9 Å². The fourth-order valence-electron chi connectivity index (χ4n) is 4.24. The van der Waals surface area contributed by atoms with Crippen molar-refractivity contribution in [2.24, 2.45) is 16.8 Å². The normalized spacial score (nSPS) is 23.5. The molecule has 0 spiro atoms. The van der Waals surface area contributed by atoms with Gasteiger partial charge in [-0.1, -0.05) is 23.7 Å². The molecule has 7 N–H and O–H groups in total. The van der Waals surface area contributed by atoms with Gasteiger partial charge in [-0.05, 0) is 48.1 Å². The van der Waals surface area contributed by atoms with Gasteiger partial charge < -0.3 is 21.3 Å². The summed E-state index contributed by atoms with van der Waals surface area (Å²) in [6.45, 7) is 1.43. The van der Waals surface area contributed by atoms with E-state index in [1.165, 1.54) is 23.9 Å². The van der Waals surface area contributed by atoms with E-state index in [-0.39, 0.29) is 23.6 Å². The Morgan fingerprint density at radius 1 is 1.30 bits per heavy atom. The Labute approximate surface area is 222 Å². The molecule has 0 amide bonds. The van der Waals surface area contributed by atoms with Crippen LogP contribution in [0.2, 0.25) is 5.02 Å². The van der Waals surface area contributed by atoms with Crippen molar-refractivity contribution in [2.75, 3.05) is 11.9 Å². The lowest BCUT2D eigenvalue weighted by Crippen LogP contribution is -2.36. The van der Waals surface area contributed by atoms with E-state index in [1.807, 2.05) is 13.0 Å². The van der Waals surface area contributed by atoms with E-state index in [0.717, 1.165) is 11.1 Å². The highest BCUT2D eigenvalue weighted by molar-refractivity contribution is 7.84. The van der Waals surface area contributed by atoms with E-state index in [1.54, 1.807) is 29.6 Å². The molecule has 1 aromatic carbocycles. The molecule has 1 fully saturated rings. The molecule has 2 aromatic heterocycles. The van der Waals surface area contributed by atoms with E-state index in [9.17, 15) is 23.4 Å². The maximum atomic E-state index is 13.4. The van der Waals surface area contributed by atoms with Gasteiger partial charge in [0, 0.05) is 17.1 Å². The van der Waals surface area contributed by atoms with Crippen LogP contribution in [-0.4, -0.2) is 59.2 Å². The minimum Gasteiger partial charge on any atom is -0.390 e. The third-order valence-electron chi connectivity index (χ3n) is 6.37. The lowest BCUT2D eigenvalue weighted by atomic mass is 9.87. The number of rotatable bonds is 9. The van der Waals surface area contributed by atoms with E-state index in [2.05, 4.69) is 19.5 Å². The van der Waals surface area contributed by atoms with Crippen molar-refractivity contribution < 1.29 is 27.6 Å². The number of nitrogens with zero attached hydrogens (tertiary/aromatic N) is 2. The zero-order valence-electron chi connectivity index (χ0n) is 19.6. The molecule has 3 aromatic rings. The third kappa shape index (κ3) is 6.16. The molecule has 11 nitrogen and oxygen atoms in total. The van der Waals surface area contributed by atoms with E-state index >= 15 is 0 Å². The first-order valence-corrected chi connectivity index (χ1v) is 13.9. The second kappa shape index (κ2) is 10.7. The first-order valence-electron chi connectivity index (χ1n) is 11.2. The van der Waals surface area contributed by atoms with Crippen molar-refractivity contribution in [3.05, 3.63) is 74.8 Å². The highest BCUT2D eigenvalue weighted by Crippen LogP contribution is 2.34. The van der Waals surface area contributed by atoms with Crippen LogP contribution in [0.5, 0.6) is 0 Å². The van der Waals surface area contributed by atoms with Crippen molar-refractivity contribution in [2.45, 2.75) is 37.1 Å². The number of nitrogens with one attached hydrogen (secondary N) is 1. The molecule has 0 saturated heterocycles. The van der Waals surface area contributed by atoms with Gasteiger partial charge in [-0.3, -0.25) is 8.98 Å². The Kier molecular flexibility index (Phi) is 7.97. The summed E-state index contributed by atoms with van der Waals surface area (Å²) in [4.78, 5) is 21.9. The van der Waals surface area contributed by atoms with Gasteiger partial charge in [0.1, 0.15) is 18.2 Å². The van der Waals surface area contributed by atoms with Gasteiger partial charge >= 0.3 is 10.3 Å². The number of hydrogen-bond donors (Lipinski definition) is 5. The van der Waals surface area contributed by atoms with Crippen LogP contribution in [-0.2, 0) is 20.0 Å². The minimum absolute atomic E-state index is 0.143. The summed E-state index contributed by atoms with van der Waals surface area (Å²) in [6, 6.07) is 8.17. The van der Waals surface area contributed by atoms with E-state index in [0.29, 0.717) is 9.90 Å². The highest BCUT2D eigenvalue weighted by Gasteiger charge is 2.42. The number of carbonyl (C=O) groups excluding carboxylic acids is 1. The van der Waals surface area contributed by atoms with Gasteiger partial charge in [0.05, 0.1) is 34.7 Å². The average Bonchev–Trinajstić information content (AvgIpc) is 3.44. The topological polar surface area (TPSA) is 191 Å². The predicted octanol–water partition coefficient (Wildman–Crippen LogP) is 1.39. The number of carbonyl (C=O) groups is 1. The Morgan fingerprint density at radius 2 is 2.05 bits per heavy atom. The molecule has 198 valence electrons. The molecular formula is C23H26ClN5O6S2. The number of hydrogen-bond acceptors (Lipinski definition) is 11. The number of nitrogens with two attached hydrogens (primary N) is 2. The summed E-state index contributed by atoms with van der Waals surface area (Å²) in [6.07, 6.45) is 0.206. The molecule has 2 heterocycles. The van der Waals surface area contributed by atoms with Crippen LogP contribution in [0.25, 0.3) is 0 Å². The molecule has 4 rings (SSSR count). The number of aliphatic hydroxyl groups excluding tert-OH is 2. The third-order valence-corrected chi connectivity index (χ3v) is 8.00. The summed E-state index contributed by atoms with van der Waals surface area (Å²) in [5.74, 6) is -0.909. The monoisotopic (exact) mass is 567 g/mol. The number of ketones is 1. The summed E-state index contributed by atoms with van der Waals surface area (Å²) >= 11 is 7.35. The fraction of sp³-hybridized carbons (Fsp3) is 0.348. The summed E-state index contributed by atoms with van der Waals surface area (Å²) < 4.78 is 26.8. The van der Waals surface area contributed by atoms with Gasteiger partial charge in [-0.25, -0.2) is 15.1 Å². The largest absolute Gasteiger partial charge is 0.390 e. The number of benzene rings is 1. The van der Waals surface area contributed by atoms with Crippen LogP contribution < -0.4 is 16.2 Å². The molecule has 1 aliphatic rings. The molecule has 37 heavy (non-hydrogen) atoms. The lowest BCUT2D eigenvalue weighted by Gasteiger charge is -2.24. The number of aliphatic hydroxyl groups is 2. The maximum absolute atomic E-state index is 13.4. The van der Waals surface area contributed by atoms with Gasteiger partial charge in [-0.15, -0.1) is 11.3 Å². The Morgan fingerprint density at radius 3 is 2.76 bits per heavy atom. The highest BCUT2D eigenvalue weighted by atomic mass is 35.5. The van der Waals surface area contributed by atoms with Crippen LogP contribution in [0.4, 0.5) is 5.82 Å². The van der Waals surface area contributed by atoms with Crippen molar-refractivity contribution in [1.29, 1.82) is 0 Å². The standard InChI is InChI=1S/C23H26ClN5O6S2/c1-23(25,13-3-2-4-15(24)6-13)14-7-18(36-10-14)20(31)16-8-27-11-28-22(16)29-17-5-12(19(30)21(17)32)9-35-37(26,33)34/h2-4,6-8,10-12,17,19,21,30,32H,5,9,25H2,1H3,(H2,26,33,34)(H,27,28,29)/t12-,17-,19-,21+,23?/m1/s1. The Balaban J connectivity index is 1.53. The maximum Gasteiger partial charge on any atom is 0.333 e. The van der Waals surface area contributed by atoms with Crippen LogP contribution in [0.15, 0.2) is 48.2 Å². The summed E-state index contributed by atoms with van der Waals surface area (Å²) in [5.41, 5.74) is 7.38. The molecule has 0 radical (unpaired) electrons. The minimum atomic E-state index is -4.20. The van der Waals surface area contributed by atoms with Crippen molar-refractivity contribution in [1.82, 2.24) is 9.97 Å². The summed E-state index contributed by atoms with van der Waals surface area (Å²) in [7, 11) is -4.20. The summed E-state index contributed by atoms with van der Waals surface area (Å²) in [5, 5.41) is 31.0. The van der Waals surface area contributed by atoms with E-state index in [4.69, 9.17) is 22.5 Å². The lowest BCUT2D eigenvalue weighted by molar-refractivity contribution is 0.00778. The second-order valence-corrected chi connectivity index (χ2v) is 11.6. The van der Waals surface area contributed by atoms with Crippen LogP contribution in [0.3, 0.4) is 0 Å². The molecule has 5 atom stereocenters. The van der Waals surface area contributed by atoms with Gasteiger partial charge in [0.25, 0.3) is 0 Å². The zero-order valence-corrected chi connectivity index (χ0v) is 22.0. The number of aromatic nitrogens is 2. The molecule has 14 heteroatoms. The first-order chi connectivity index (χ1) is 17.4. The van der Waals surface area contributed by atoms with Crippen LogP contribution in [0.1, 0.15) is 39.7 Å².